The minimum Gasteiger partial charge on any atom is -0.297 e. The summed E-state index contributed by atoms with van der Waals surface area (Å²) in [5.74, 6) is 1.01. The molecular formula is C6H11N. The second kappa shape index (κ2) is 0.873. The molecule has 0 N–H and O–H groups in total. The topological polar surface area (TPSA) is 3.01 Å². The number of hydrogen-bond acceptors (Lipinski definition) is 1. The van der Waals surface area contributed by atoms with E-state index in [1.807, 2.05) is 0 Å². The van der Waals surface area contributed by atoms with Crippen LogP contribution in [-0.4, -0.2) is 24.0 Å². The van der Waals surface area contributed by atoms with Gasteiger partial charge in [-0.15, -0.1) is 0 Å². The number of hydrogen-bond donors (Lipinski definition) is 0. The van der Waals surface area contributed by atoms with Crippen LogP contribution in [0.2, 0.25) is 0 Å². The summed E-state index contributed by atoms with van der Waals surface area (Å²) in [5, 5.41) is 0. The minimum absolute atomic E-state index is 1.000. The predicted octanol–water partition coefficient (Wildman–Crippen LogP) is 0.709. The third-order valence-electron chi connectivity index (χ3n) is 2.49. The van der Waals surface area contributed by atoms with Gasteiger partial charge in [-0.05, 0) is 19.4 Å². The van der Waals surface area contributed by atoms with Crippen molar-refractivity contribution >= 4 is 0 Å². The highest BCUT2D eigenvalue weighted by atomic mass is 15.4. The Morgan fingerprint density at radius 2 is 2.29 bits per heavy atom. The summed E-state index contributed by atoms with van der Waals surface area (Å²) in [5.41, 5.74) is 0. The zero-order chi connectivity index (χ0) is 5.02. The average molecular weight is 97.2 g/mol. The van der Waals surface area contributed by atoms with E-state index in [2.05, 4.69) is 18.9 Å². The van der Waals surface area contributed by atoms with Gasteiger partial charge in [-0.1, -0.05) is 6.92 Å². The molecule has 0 amide bonds. The van der Waals surface area contributed by atoms with Crippen molar-refractivity contribution in [2.75, 3.05) is 7.05 Å². The fourth-order valence-corrected chi connectivity index (χ4v) is 1.84. The van der Waals surface area contributed by atoms with Crippen LogP contribution in [0.1, 0.15) is 13.3 Å². The summed E-state index contributed by atoms with van der Waals surface area (Å²) in [6.45, 7) is 2.34. The molecule has 0 spiro atoms. The molecule has 0 aromatic rings. The molecule has 0 radical (unpaired) electrons. The van der Waals surface area contributed by atoms with E-state index in [4.69, 9.17) is 0 Å². The Morgan fingerprint density at radius 3 is 2.29 bits per heavy atom. The molecular weight excluding hydrogens is 86.1 g/mol. The van der Waals surface area contributed by atoms with E-state index in [1.165, 1.54) is 6.42 Å². The molecule has 0 aromatic carbocycles. The number of fused-ring (bicyclic) bond motifs is 1. The fraction of sp³-hybridized carbons (Fsp3) is 1.00. The summed E-state index contributed by atoms with van der Waals surface area (Å²) >= 11 is 0. The highest BCUT2D eigenvalue weighted by Gasteiger charge is 2.56. The molecule has 1 unspecified atom stereocenters. The van der Waals surface area contributed by atoms with Crippen molar-refractivity contribution in [1.82, 2.24) is 4.90 Å². The van der Waals surface area contributed by atoms with Gasteiger partial charge >= 0.3 is 0 Å². The van der Waals surface area contributed by atoms with Crippen LogP contribution in [0.5, 0.6) is 0 Å². The van der Waals surface area contributed by atoms with Crippen LogP contribution in [0.3, 0.4) is 0 Å². The van der Waals surface area contributed by atoms with Gasteiger partial charge in [-0.25, -0.2) is 0 Å². The van der Waals surface area contributed by atoms with Gasteiger partial charge in [0, 0.05) is 12.1 Å². The zero-order valence-electron chi connectivity index (χ0n) is 4.89. The van der Waals surface area contributed by atoms with Gasteiger partial charge in [0.2, 0.25) is 0 Å². The Morgan fingerprint density at radius 1 is 1.57 bits per heavy atom. The highest BCUT2D eigenvalue weighted by Crippen LogP contribution is 2.47. The van der Waals surface area contributed by atoms with Crippen LogP contribution in [0.25, 0.3) is 0 Å². The number of likely N-dealkylation sites (N-methyl/N-ethyl adjacent to an activating group) is 1. The van der Waals surface area contributed by atoms with Gasteiger partial charge in [0.1, 0.15) is 0 Å². The number of likely N-dealkylation sites (tertiary alicyclic amines) is 1. The standard InChI is InChI=1S/C6H11N/c1-4-3-5-6(4)7(5)2/h4-6H,3H2,1-2H3/t4-,5+,6-,7?/m0/s1. The summed E-state index contributed by atoms with van der Waals surface area (Å²) in [7, 11) is 2.22. The van der Waals surface area contributed by atoms with Gasteiger partial charge in [-0.2, -0.15) is 0 Å². The molecule has 1 heteroatoms. The van der Waals surface area contributed by atoms with Crippen LogP contribution < -0.4 is 0 Å². The van der Waals surface area contributed by atoms with Crippen molar-refractivity contribution < 1.29 is 0 Å². The van der Waals surface area contributed by atoms with Gasteiger partial charge in [-0.3, -0.25) is 4.90 Å². The molecule has 0 aromatic heterocycles. The number of rotatable bonds is 0. The quantitative estimate of drug-likeness (QED) is 0.402. The minimum atomic E-state index is 1.000. The van der Waals surface area contributed by atoms with E-state index >= 15 is 0 Å². The highest BCUT2D eigenvalue weighted by molar-refractivity contribution is 5.12. The van der Waals surface area contributed by atoms with Crippen LogP contribution >= 0.6 is 0 Å². The lowest BCUT2D eigenvalue weighted by molar-refractivity contribution is 0.426. The van der Waals surface area contributed by atoms with E-state index in [1.54, 1.807) is 0 Å². The number of nitrogens with zero attached hydrogens (tertiary/aromatic N) is 1. The van der Waals surface area contributed by atoms with Crippen molar-refractivity contribution in [3.63, 3.8) is 0 Å². The Kier molecular flexibility index (Phi) is 0.487. The molecule has 40 valence electrons. The van der Waals surface area contributed by atoms with Crippen molar-refractivity contribution in [2.45, 2.75) is 25.4 Å². The first-order valence-corrected chi connectivity index (χ1v) is 3.02. The first-order chi connectivity index (χ1) is 3.30. The SMILES string of the molecule is C[C@H]1C[C@@H]2[C@H]1N2C. The molecule has 1 saturated heterocycles. The van der Waals surface area contributed by atoms with Crippen LogP contribution in [0.15, 0.2) is 0 Å². The second-order valence-corrected chi connectivity index (χ2v) is 2.94. The Labute approximate surface area is 44.3 Å². The van der Waals surface area contributed by atoms with Crippen LogP contribution in [-0.2, 0) is 0 Å². The van der Waals surface area contributed by atoms with E-state index in [-0.39, 0.29) is 0 Å². The maximum atomic E-state index is 2.46. The van der Waals surface area contributed by atoms with Crippen LogP contribution in [0, 0.1) is 5.92 Å². The van der Waals surface area contributed by atoms with E-state index < -0.39 is 0 Å². The summed E-state index contributed by atoms with van der Waals surface area (Å²) in [6, 6.07) is 2.01. The smallest absolute Gasteiger partial charge is 0.0278 e. The van der Waals surface area contributed by atoms with Crippen LogP contribution in [0.4, 0.5) is 0 Å². The molecule has 7 heavy (non-hydrogen) atoms. The largest absolute Gasteiger partial charge is 0.297 e. The molecule has 1 nitrogen and oxygen atoms in total. The summed E-state index contributed by atoms with van der Waals surface area (Å²) in [4.78, 5) is 2.46. The monoisotopic (exact) mass is 97.1 g/mol. The van der Waals surface area contributed by atoms with E-state index in [9.17, 15) is 0 Å². The van der Waals surface area contributed by atoms with E-state index in [0.29, 0.717) is 0 Å². The Balaban J connectivity index is 2.05. The van der Waals surface area contributed by atoms with Crippen molar-refractivity contribution in [2.24, 2.45) is 5.92 Å². The third-order valence-corrected chi connectivity index (χ3v) is 2.49. The van der Waals surface area contributed by atoms with Gasteiger partial charge in [0.15, 0.2) is 0 Å². The molecule has 1 saturated carbocycles. The average Bonchev–Trinajstić information content (AvgIpc) is 2.07. The van der Waals surface area contributed by atoms with Gasteiger partial charge < -0.3 is 0 Å². The first-order valence-electron chi connectivity index (χ1n) is 3.02. The lowest BCUT2D eigenvalue weighted by Crippen LogP contribution is -2.19. The molecule has 1 aliphatic carbocycles. The lowest BCUT2D eigenvalue weighted by Gasteiger charge is -2.14. The maximum absolute atomic E-state index is 2.46. The predicted molar refractivity (Wildman–Crippen MR) is 29.1 cm³/mol. The normalized spacial score (nSPS) is 66.0. The summed E-state index contributed by atoms with van der Waals surface area (Å²) in [6.07, 6.45) is 1.46. The van der Waals surface area contributed by atoms with Crippen molar-refractivity contribution in [3.05, 3.63) is 0 Å². The Bertz CT molecular complexity index is 89.6. The molecule has 2 rings (SSSR count). The molecule has 2 fully saturated rings. The molecule has 0 bridgehead atoms. The first kappa shape index (κ1) is 3.90. The van der Waals surface area contributed by atoms with E-state index in [0.717, 1.165) is 18.0 Å². The van der Waals surface area contributed by atoms with Gasteiger partial charge in [0.05, 0.1) is 0 Å². The molecule has 1 heterocycles. The van der Waals surface area contributed by atoms with Crippen molar-refractivity contribution in [3.8, 4) is 0 Å². The fourth-order valence-electron chi connectivity index (χ4n) is 1.84. The summed E-state index contributed by atoms with van der Waals surface area (Å²) < 4.78 is 0. The lowest BCUT2D eigenvalue weighted by atomic mass is 9.88. The third kappa shape index (κ3) is 0.290. The van der Waals surface area contributed by atoms with Gasteiger partial charge in [0.25, 0.3) is 0 Å². The second-order valence-electron chi connectivity index (χ2n) is 2.94. The van der Waals surface area contributed by atoms with Crippen molar-refractivity contribution in [1.29, 1.82) is 0 Å². The Hall–Kier alpha value is -0.0400. The molecule has 4 atom stereocenters. The zero-order valence-corrected chi connectivity index (χ0v) is 4.89. The molecule has 2 aliphatic rings. The molecule has 1 aliphatic heterocycles. The maximum Gasteiger partial charge on any atom is 0.0278 e.